The van der Waals surface area contributed by atoms with Gasteiger partial charge in [-0.05, 0) is 82.6 Å². The number of rotatable bonds is 7. The van der Waals surface area contributed by atoms with Crippen LogP contribution < -0.4 is 14.6 Å². The predicted molar refractivity (Wildman–Crippen MR) is 259 cm³/mol. The van der Waals surface area contributed by atoms with E-state index >= 15 is 4.57 Å². The Morgan fingerprint density at radius 3 is 1.48 bits per heavy atom. The Bertz CT molecular complexity index is 3490. The van der Waals surface area contributed by atoms with Crippen molar-refractivity contribution < 1.29 is 4.57 Å². The number of anilines is 4. The second kappa shape index (κ2) is 14.8. The standard InChI is InChI=1S/C55H37N6OP/c62-63(43-28-14-5-15-29-43)60(41-24-10-3-11-25-41)49-35-34-40(36-50(49)61(63)42-26-12-4-13-27-42)47-37-51-52(45-31-17-16-30-44(45)47)46-32-18-19-33-48(46)59(51)55-57-53(38-20-6-1-7-21-38)56-54(58-55)39-22-8-2-9-23-39/h1-37H. The van der Waals surface area contributed by atoms with Crippen LogP contribution in [-0.4, -0.2) is 19.5 Å². The molecule has 0 spiro atoms. The Morgan fingerprint density at radius 2 is 0.873 bits per heavy atom. The summed E-state index contributed by atoms with van der Waals surface area (Å²) in [5.41, 5.74) is 9.23. The minimum Gasteiger partial charge on any atom is -0.278 e. The van der Waals surface area contributed by atoms with E-state index in [9.17, 15) is 0 Å². The van der Waals surface area contributed by atoms with Crippen molar-refractivity contribution in [2.45, 2.75) is 0 Å². The van der Waals surface area contributed by atoms with Gasteiger partial charge in [-0.3, -0.25) is 18.5 Å². The third-order valence-corrected chi connectivity index (χ3v) is 14.9. The highest BCUT2D eigenvalue weighted by Gasteiger charge is 2.49. The highest BCUT2D eigenvalue weighted by atomic mass is 31.2. The van der Waals surface area contributed by atoms with Gasteiger partial charge in [0.2, 0.25) is 5.95 Å². The lowest BCUT2D eigenvalue weighted by atomic mass is 9.94. The topological polar surface area (TPSA) is 67.2 Å². The van der Waals surface area contributed by atoms with Crippen LogP contribution in [0.5, 0.6) is 0 Å². The van der Waals surface area contributed by atoms with Gasteiger partial charge >= 0.3 is 7.44 Å². The van der Waals surface area contributed by atoms with Gasteiger partial charge in [-0.2, -0.15) is 9.97 Å². The molecule has 0 bridgehead atoms. The van der Waals surface area contributed by atoms with E-state index < -0.39 is 7.44 Å². The van der Waals surface area contributed by atoms with Gasteiger partial charge in [-0.25, -0.2) is 4.98 Å². The fourth-order valence-corrected chi connectivity index (χ4v) is 12.2. The van der Waals surface area contributed by atoms with E-state index in [0.29, 0.717) is 17.6 Å². The molecule has 0 aliphatic carbocycles. The zero-order valence-corrected chi connectivity index (χ0v) is 34.8. The highest BCUT2D eigenvalue weighted by molar-refractivity contribution is 7.76. The van der Waals surface area contributed by atoms with Crippen LogP contribution in [0.15, 0.2) is 224 Å². The van der Waals surface area contributed by atoms with Crippen molar-refractivity contribution in [2.24, 2.45) is 0 Å². The molecule has 1 aliphatic rings. The Kier molecular flexibility index (Phi) is 8.63. The molecule has 0 amide bonds. The van der Waals surface area contributed by atoms with Gasteiger partial charge in [0.15, 0.2) is 11.6 Å². The van der Waals surface area contributed by atoms with Crippen LogP contribution in [0, 0.1) is 0 Å². The second-order valence-electron chi connectivity index (χ2n) is 15.6. The molecule has 63 heavy (non-hydrogen) atoms. The maximum absolute atomic E-state index is 16.4. The summed E-state index contributed by atoms with van der Waals surface area (Å²) in [6, 6.07) is 76.1. The van der Waals surface area contributed by atoms with Gasteiger partial charge in [0.25, 0.3) is 0 Å². The third kappa shape index (κ3) is 5.89. The molecule has 0 saturated heterocycles. The fraction of sp³-hybridized carbons (Fsp3) is 0. The molecule has 8 heteroatoms. The number of fused-ring (bicyclic) bond motifs is 6. The fourth-order valence-electron chi connectivity index (χ4n) is 9.19. The second-order valence-corrected chi connectivity index (χ2v) is 18.0. The minimum atomic E-state index is -3.56. The van der Waals surface area contributed by atoms with E-state index in [-0.39, 0.29) is 0 Å². The molecule has 1 unspecified atom stereocenters. The monoisotopic (exact) mass is 828 g/mol. The molecule has 0 radical (unpaired) electrons. The van der Waals surface area contributed by atoms with Crippen LogP contribution in [0.1, 0.15) is 0 Å². The van der Waals surface area contributed by atoms with Crippen LogP contribution >= 0.6 is 7.44 Å². The Morgan fingerprint density at radius 1 is 0.381 bits per heavy atom. The van der Waals surface area contributed by atoms with Crippen molar-refractivity contribution in [2.75, 3.05) is 9.34 Å². The summed E-state index contributed by atoms with van der Waals surface area (Å²) >= 11 is 0. The van der Waals surface area contributed by atoms with Gasteiger partial charge in [0.1, 0.15) is 0 Å². The summed E-state index contributed by atoms with van der Waals surface area (Å²) in [5.74, 6) is 1.72. The van der Waals surface area contributed by atoms with E-state index in [2.05, 4.69) is 82.0 Å². The molecule has 0 N–H and O–H groups in total. The molecule has 298 valence electrons. The first-order chi connectivity index (χ1) is 31.1. The number of para-hydroxylation sites is 3. The van der Waals surface area contributed by atoms with Gasteiger partial charge in [0, 0.05) is 33.3 Å². The largest absolute Gasteiger partial charge is 0.301 e. The average molecular weight is 829 g/mol. The number of hydrogen-bond acceptors (Lipinski definition) is 4. The highest BCUT2D eigenvalue weighted by Crippen LogP contribution is 2.70. The third-order valence-electron chi connectivity index (χ3n) is 11.9. The van der Waals surface area contributed by atoms with Crippen LogP contribution in [0.2, 0.25) is 0 Å². The van der Waals surface area contributed by atoms with Crippen molar-refractivity contribution >= 4 is 68.1 Å². The number of aromatic nitrogens is 4. The molecule has 2 aromatic heterocycles. The normalized spacial score (nSPS) is 14.7. The summed E-state index contributed by atoms with van der Waals surface area (Å²) < 4.78 is 22.7. The number of benzene rings is 9. The molecule has 0 fully saturated rings. The summed E-state index contributed by atoms with van der Waals surface area (Å²) in [6.45, 7) is 0. The molecule has 1 atom stereocenters. The first-order valence-corrected chi connectivity index (χ1v) is 22.6. The van der Waals surface area contributed by atoms with Crippen LogP contribution in [0.3, 0.4) is 0 Å². The maximum Gasteiger partial charge on any atom is 0.301 e. The lowest BCUT2D eigenvalue weighted by molar-refractivity contribution is 0.582. The van der Waals surface area contributed by atoms with E-state index in [1.165, 1.54) is 0 Å². The van der Waals surface area contributed by atoms with Crippen LogP contribution in [-0.2, 0) is 4.57 Å². The van der Waals surface area contributed by atoms with Crippen molar-refractivity contribution in [3.05, 3.63) is 224 Å². The minimum absolute atomic E-state index is 0.529. The van der Waals surface area contributed by atoms with E-state index in [0.717, 1.165) is 82.9 Å². The van der Waals surface area contributed by atoms with E-state index in [1.54, 1.807) is 0 Å². The van der Waals surface area contributed by atoms with Gasteiger partial charge < -0.3 is 0 Å². The summed E-state index contributed by atoms with van der Waals surface area (Å²) in [6.07, 6.45) is 0. The Hall–Kier alpha value is -8.12. The van der Waals surface area contributed by atoms with Crippen molar-refractivity contribution in [3.63, 3.8) is 0 Å². The molecule has 1 aliphatic heterocycles. The quantitative estimate of drug-likeness (QED) is 0.149. The number of hydrogen-bond donors (Lipinski definition) is 0. The molecular weight excluding hydrogens is 792 g/mol. The smallest absolute Gasteiger partial charge is 0.278 e. The van der Waals surface area contributed by atoms with Gasteiger partial charge in [-0.15, -0.1) is 0 Å². The van der Waals surface area contributed by atoms with Crippen molar-refractivity contribution in [3.8, 4) is 39.9 Å². The zero-order chi connectivity index (χ0) is 41.9. The molecule has 0 saturated carbocycles. The van der Waals surface area contributed by atoms with E-state index in [1.807, 2.05) is 156 Å². The molecule has 9 aromatic carbocycles. The molecule has 7 nitrogen and oxygen atoms in total. The number of nitrogens with zero attached hydrogens (tertiary/aromatic N) is 6. The van der Waals surface area contributed by atoms with Crippen LogP contribution in [0.25, 0.3) is 72.4 Å². The summed E-state index contributed by atoms with van der Waals surface area (Å²) in [4.78, 5) is 15.5. The molecule has 11 aromatic rings. The lowest BCUT2D eigenvalue weighted by Gasteiger charge is -2.33. The zero-order valence-electron chi connectivity index (χ0n) is 33.9. The van der Waals surface area contributed by atoms with E-state index in [4.69, 9.17) is 15.0 Å². The predicted octanol–water partition coefficient (Wildman–Crippen LogP) is 13.9. The summed E-state index contributed by atoms with van der Waals surface area (Å²) in [5, 5.41) is 5.18. The summed E-state index contributed by atoms with van der Waals surface area (Å²) in [7, 11) is -3.56. The first-order valence-electron chi connectivity index (χ1n) is 21.0. The van der Waals surface area contributed by atoms with Gasteiger partial charge in [0.05, 0.1) is 27.7 Å². The Labute approximate surface area is 364 Å². The van der Waals surface area contributed by atoms with Crippen molar-refractivity contribution in [1.29, 1.82) is 0 Å². The average Bonchev–Trinajstić information content (AvgIpc) is 3.84. The first kappa shape index (κ1) is 36.7. The molecular formula is C55H37N6OP. The van der Waals surface area contributed by atoms with Crippen molar-refractivity contribution in [1.82, 2.24) is 19.5 Å². The lowest BCUT2D eigenvalue weighted by Crippen LogP contribution is -2.26. The SMILES string of the molecule is O=P1(c2ccccc2)N(c2ccccc2)c2ccc(-c3cc4c(c5ccccc35)c3ccccc3n4-c3nc(-c4ccccc4)nc(-c4ccccc4)n3)cc2N1c1ccccc1. The molecule has 3 heterocycles. The Balaban J connectivity index is 1.14. The molecule has 12 rings (SSSR count). The van der Waals surface area contributed by atoms with Gasteiger partial charge in [-0.1, -0.05) is 164 Å². The maximum atomic E-state index is 16.4. The van der Waals surface area contributed by atoms with Crippen LogP contribution in [0.4, 0.5) is 22.7 Å².